The van der Waals surface area contributed by atoms with Crippen molar-refractivity contribution in [3.05, 3.63) is 57.3 Å². The number of aromatic nitrogens is 2. The number of aliphatic hydroxyl groups excluding tert-OH is 1. The Labute approximate surface area is 110 Å². The molecule has 0 bridgehead atoms. The van der Waals surface area contributed by atoms with Crippen LogP contribution in [0.5, 0.6) is 0 Å². The van der Waals surface area contributed by atoms with Crippen LogP contribution in [0.3, 0.4) is 0 Å². The first-order chi connectivity index (χ1) is 9.06. The lowest BCUT2D eigenvalue weighted by Crippen LogP contribution is -2.40. The summed E-state index contributed by atoms with van der Waals surface area (Å²) in [6.07, 6.45) is 0. The van der Waals surface area contributed by atoms with Crippen LogP contribution in [0.4, 0.5) is 0 Å². The zero-order valence-electron chi connectivity index (χ0n) is 10.8. The van der Waals surface area contributed by atoms with Gasteiger partial charge in [-0.25, -0.2) is 4.79 Å². The van der Waals surface area contributed by atoms with Gasteiger partial charge in [-0.2, -0.15) is 0 Å². The largest absolute Gasteiger partial charge is 0.395 e. The number of para-hydroxylation sites is 1. The smallest absolute Gasteiger partial charge is 0.331 e. The van der Waals surface area contributed by atoms with Crippen LogP contribution in [0.25, 0.3) is 10.9 Å². The Morgan fingerprint density at radius 1 is 1.26 bits per heavy atom. The van der Waals surface area contributed by atoms with Crippen molar-refractivity contribution in [1.29, 1.82) is 0 Å². The highest BCUT2D eigenvalue weighted by Gasteiger charge is 2.12. The van der Waals surface area contributed by atoms with Gasteiger partial charge in [0.1, 0.15) is 0 Å². The summed E-state index contributed by atoms with van der Waals surface area (Å²) in [4.78, 5) is 24.5. The van der Waals surface area contributed by atoms with Crippen LogP contribution in [0.15, 0.2) is 46.0 Å². The Morgan fingerprint density at radius 2 is 1.95 bits per heavy atom. The Bertz CT molecular complexity index is 740. The molecule has 0 saturated carbocycles. The monoisotopic (exact) mass is 260 g/mol. The maximum Gasteiger partial charge on any atom is 0.331 e. The normalized spacial score (nSPS) is 10.8. The molecule has 0 aliphatic rings. The average molecular weight is 260 g/mol. The number of aliphatic hydroxyl groups is 1. The second-order valence-electron chi connectivity index (χ2n) is 4.52. The number of rotatable bonds is 4. The van der Waals surface area contributed by atoms with Crippen LogP contribution in [0, 0.1) is 0 Å². The number of hydrogen-bond acceptors (Lipinski definition) is 3. The van der Waals surface area contributed by atoms with E-state index in [0.29, 0.717) is 17.4 Å². The minimum atomic E-state index is -0.416. The van der Waals surface area contributed by atoms with Crippen LogP contribution >= 0.6 is 0 Å². The molecule has 5 nitrogen and oxygen atoms in total. The molecular weight excluding hydrogens is 244 g/mol. The topological polar surface area (TPSA) is 64.2 Å². The minimum absolute atomic E-state index is 0.00130. The minimum Gasteiger partial charge on any atom is -0.395 e. The van der Waals surface area contributed by atoms with Crippen LogP contribution in [-0.4, -0.2) is 20.8 Å². The number of fused-ring (bicyclic) bond motifs is 1. The fourth-order valence-electron chi connectivity index (χ4n) is 2.09. The molecule has 1 heterocycles. The number of allylic oxidation sites excluding steroid dienone is 1. The standard InChI is InChI=1S/C14H16N2O3/c1-10(2)9-16-12-6-4-3-5-11(12)13(18)15(7-8-17)14(16)19/h3-6,17H,1,7-9H2,2H3. The van der Waals surface area contributed by atoms with E-state index >= 15 is 0 Å². The van der Waals surface area contributed by atoms with E-state index in [4.69, 9.17) is 5.11 Å². The van der Waals surface area contributed by atoms with Gasteiger partial charge in [0.2, 0.25) is 0 Å². The second-order valence-corrected chi connectivity index (χ2v) is 4.52. The predicted octanol–water partition coefficient (Wildman–Crippen LogP) is 0.732. The third-order valence-electron chi connectivity index (χ3n) is 2.88. The van der Waals surface area contributed by atoms with Gasteiger partial charge in [0, 0.05) is 6.54 Å². The van der Waals surface area contributed by atoms with Crippen molar-refractivity contribution in [3.63, 3.8) is 0 Å². The molecule has 5 heteroatoms. The van der Waals surface area contributed by atoms with Crippen molar-refractivity contribution in [2.24, 2.45) is 0 Å². The maximum atomic E-state index is 12.3. The van der Waals surface area contributed by atoms with E-state index in [9.17, 15) is 9.59 Å². The van der Waals surface area contributed by atoms with Gasteiger partial charge in [-0.15, -0.1) is 0 Å². The molecule has 0 unspecified atom stereocenters. The highest BCUT2D eigenvalue weighted by molar-refractivity contribution is 5.77. The van der Waals surface area contributed by atoms with Gasteiger partial charge in [0.05, 0.1) is 24.1 Å². The molecule has 0 aliphatic carbocycles. The van der Waals surface area contributed by atoms with Crippen molar-refractivity contribution < 1.29 is 5.11 Å². The van der Waals surface area contributed by atoms with Crippen molar-refractivity contribution in [2.45, 2.75) is 20.0 Å². The Morgan fingerprint density at radius 3 is 2.58 bits per heavy atom. The number of benzene rings is 1. The summed E-state index contributed by atoms with van der Waals surface area (Å²) in [6.45, 7) is 5.72. The molecule has 0 fully saturated rings. The molecule has 0 aliphatic heterocycles. The summed E-state index contributed by atoms with van der Waals surface area (Å²) in [5.74, 6) is 0. The number of nitrogens with zero attached hydrogens (tertiary/aromatic N) is 2. The van der Waals surface area contributed by atoms with Gasteiger partial charge in [0.15, 0.2) is 0 Å². The number of hydrogen-bond donors (Lipinski definition) is 1. The first kappa shape index (κ1) is 13.3. The fourth-order valence-corrected chi connectivity index (χ4v) is 2.09. The van der Waals surface area contributed by atoms with Crippen LogP contribution in [0.2, 0.25) is 0 Å². The molecule has 0 atom stereocenters. The lowest BCUT2D eigenvalue weighted by Gasteiger charge is -2.13. The molecular formula is C14H16N2O3. The Balaban J connectivity index is 2.88. The van der Waals surface area contributed by atoms with E-state index in [0.717, 1.165) is 10.1 Å². The zero-order valence-corrected chi connectivity index (χ0v) is 10.8. The summed E-state index contributed by atoms with van der Waals surface area (Å²) < 4.78 is 2.57. The van der Waals surface area contributed by atoms with Crippen molar-refractivity contribution in [3.8, 4) is 0 Å². The van der Waals surface area contributed by atoms with Gasteiger partial charge < -0.3 is 5.11 Å². The van der Waals surface area contributed by atoms with E-state index < -0.39 is 5.69 Å². The molecule has 1 aromatic carbocycles. The van der Waals surface area contributed by atoms with Crippen molar-refractivity contribution in [2.75, 3.05) is 6.61 Å². The van der Waals surface area contributed by atoms with Crippen LogP contribution in [-0.2, 0) is 13.1 Å². The third kappa shape index (κ3) is 2.37. The summed E-state index contributed by atoms with van der Waals surface area (Å²) in [5.41, 5.74) is 0.629. The molecule has 1 N–H and O–H groups in total. The molecule has 2 aromatic rings. The molecule has 0 spiro atoms. The summed E-state index contributed by atoms with van der Waals surface area (Å²) in [6, 6.07) is 6.96. The lowest BCUT2D eigenvalue weighted by atomic mass is 10.2. The van der Waals surface area contributed by atoms with Gasteiger partial charge in [-0.05, 0) is 19.1 Å². The van der Waals surface area contributed by atoms with E-state index in [1.807, 2.05) is 6.92 Å². The van der Waals surface area contributed by atoms with E-state index in [1.165, 1.54) is 4.57 Å². The highest BCUT2D eigenvalue weighted by atomic mass is 16.3. The Hall–Kier alpha value is -2.14. The van der Waals surface area contributed by atoms with Crippen molar-refractivity contribution >= 4 is 10.9 Å². The first-order valence-corrected chi connectivity index (χ1v) is 6.04. The molecule has 100 valence electrons. The fraction of sp³-hybridized carbons (Fsp3) is 0.286. The second kappa shape index (κ2) is 5.24. The van der Waals surface area contributed by atoms with E-state index in [2.05, 4.69) is 6.58 Å². The molecule has 0 radical (unpaired) electrons. The quantitative estimate of drug-likeness (QED) is 0.824. The third-order valence-corrected chi connectivity index (χ3v) is 2.88. The highest BCUT2D eigenvalue weighted by Crippen LogP contribution is 2.08. The Kier molecular flexibility index (Phi) is 3.66. The van der Waals surface area contributed by atoms with Crippen molar-refractivity contribution in [1.82, 2.24) is 9.13 Å². The van der Waals surface area contributed by atoms with E-state index in [1.54, 1.807) is 24.3 Å². The van der Waals surface area contributed by atoms with Crippen LogP contribution in [0.1, 0.15) is 6.92 Å². The SMILES string of the molecule is C=C(C)Cn1c(=O)n(CCO)c(=O)c2ccccc21. The zero-order chi connectivity index (χ0) is 14.0. The predicted molar refractivity (Wildman–Crippen MR) is 74.4 cm³/mol. The first-order valence-electron chi connectivity index (χ1n) is 6.04. The molecule has 0 amide bonds. The average Bonchev–Trinajstić information content (AvgIpc) is 2.39. The van der Waals surface area contributed by atoms with Gasteiger partial charge >= 0.3 is 5.69 Å². The summed E-state index contributed by atoms with van der Waals surface area (Å²) in [7, 11) is 0. The lowest BCUT2D eigenvalue weighted by molar-refractivity contribution is 0.270. The van der Waals surface area contributed by atoms with Gasteiger partial charge in [-0.1, -0.05) is 24.3 Å². The van der Waals surface area contributed by atoms with Gasteiger partial charge in [0.25, 0.3) is 5.56 Å². The summed E-state index contributed by atoms with van der Waals surface area (Å²) in [5, 5.41) is 9.46. The molecule has 2 rings (SSSR count). The van der Waals surface area contributed by atoms with E-state index in [-0.39, 0.29) is 18.7 Å². The molecule has 0 saturated heterocycles. The van der Waals surface area contributed by atoms with Gasteiger partial charge in [-0.3, -0.25) is 13.9 Å². The van der Waals surface area contributed by atoms with Crippen LogP contribution < -0.4 is 11.2 Å². The summed E-state index contributed by atoms with van der Waals surface area (Å²) >= 11 is 0. The maximum absolute atomic E-state index is 12.3. The molecule has 19 heavy (non-hydrogen) atoms. The molecule has 1 aromatic heterocycles.